The molecule has 2 aromatic rings. The largest absolute Gasteiger partial charge is 0.352 e. The second kappa shape index (κ2) is 6.10. The second-order valence-electron chi connectivity index (χ2n) is 4.80. The van der Waals surface area contributed by atoms with E-state index in [9.17, 15) is 0 Å². The highest BCUT2D eigenvalue weighted by atomic mass is 79.9. The summed E-state index contributed by atoms with van der Waals surface area (Å²) in [5.41, 5.74) is 1.43. The zero-order valence-corrected chi connectivity index (χ0v) is 13.4. The molecule has 1 aliphatic heterocycles. The summed E-state index contributed by atoms with van der Waals surface area (Å²) in [4.78, 5) is 15.1. The van der Waals surface area contributed by atoms with Crippen molar-refractivity contribution in [2.75, 3.05) is 24.5 Å². The Morgan fingerprint density at radius 2 is 2.38 bits per heavy atom. The highest BCUT2D eigenvalue weighted by molar-refractivity contribution is 9.10. The number of anilines is 1. The Morgan fingerprint density at radius 1 is 1.52 bits per heavy atom. The number of rotatable bonds is 2. The normalized spacial score (nSPS) is 18.7. The fourth-order valence-corrected chi connectivity index (χ4v) is 2.93. The fraction of sp³-hybridized carbons (Fsp3) is 0.385. The minimum absolute atomic E-state index is 0.128. The topological polar surface area (TPSA) is 77.7 Å². The van der Waals surface area contributed by atoms with Crippen molar-refractivity contribution in [3.63, 3.8) is 0 Å². The monoisotopic (exact) mass is 366 g/mol. The summed E-state index contributed by atoms with van der Waals surface area (Å²) in [6, 6.07) is 4.19. The van der Waals surface area contributed by atoms with Crippen molar-refractivity contribution in [3.8, 4) is 6.07 Å². The summed E-state index contributed by atoms with van der Waals surface area (Å²) in [6.45, 7) is 2.29. The zero-order chi connectivity index (χ0) is 14.8. The molecule has 0 amide bonds. The number of piperazine rings is 1. The van der Waals surface area contributed by atoms with E-state index in [0.29, 0.717) is 18.5 Å². The molecule has 0 unspecified atom stereocenters. The van der Waals surface area contributed by atoms with Gasteiger partial charge in [0.05, 0.1) is 18.0 Å². The van der Waals surface area contributed by atoms with E-state index >= 15 is 0 Å². The molecule has 2 aromatic heterocycles. The molecule has 0 radical (unpaired) electrons. The van der Waals surface area contributed by atoms with Crippen LogP contribution >= 0.6 is 27.5 Å². The third kappa shape index (κ3) is 3.07. The number of hydrogen-bond acceptors (Lipinski definition) is 6. The number of nitrogens with one attached hydrogen (secondary N) is 1. The van der Waals surface area contributed by atoms with E-state index in [1.165, 1.54) is 0 Å². The summed E-state index contributed by atoms with van der Waals surface area (Å²) < 4.78 is 0.846. The molecule has 108 valence electrons. The molecule has 1 fully saturated rings. The van der Waals surface area contributed by atoms with Gasteiger partial charge in [-0.3, -0.25) is 0 Å². The number of pyridine rings is 1. The van der Waals surface area contributed by atoms with E-state index in [4.69, 9.17) is 16.9 Å². The SMILES string of the molecule is N#CC[C@H]1CN(c2nc(Cl)nc3cc(Br)cnc23)CCN1. The standard InChI is InChI=1S/C13H12BrClN6/c14-8-5-10-11(18-6-8)12(20-13(15)19-10)21-4-3-17-9(7-21)1-2-16/h5-6,9,17H,1,3-4,7H2/t9-/m0/s1. The minimum Gasteiger partial charge on any atom is -0.352 e. The number of nitrogens with zero attached hydrogens (tertiary/aromatic N) is 5. The molecule has 3 heterocycles. The molecule has 1 aliphatic rings. The molecule has 6 nitrogen and oxygen atoms in total. The molecule has 1 atom stereocenters. The van der Waals surface area contributed by atoms with Gasteiger partial charge < -0.3 is 10.2 Å². The van der Waals surface area contributed by atoms with Crippen LogP contribution < -0.4 is 10.2 Å². The predicted molar refractivity (Wildman–Crippen MR) is 84.3 cm³/mol. The number of nitriles is 1. The Morgan fingerprint density at radius 3 is 3.19 bits per heavy atom. The summed E-state index contributed by atoms with van der Waals surface area (Å²) >= 11 is 9.42. The van der Waals surface area contributed by atoms with Gasteiger partial charge in [-0.1, -0.05) is 0 Å². The van der Waals surface area contributed by atoms with Crippen LogP contribution in [0.5, 0.6) is 0 Å². The molecular weight excluding hydrogens is 356 g/mol. The van der Waals surface area contributed by atoms with Gasteiger partial charge in [0.1, 0.15) is 5.52 Å². The van der Waals surface area contributed by atoms with E-state index in [2.05, 4.69) is 47.2 Å². The first-order chi connectivity index (χ1) is 10.2. The van der Waals surface area contributed by atoms with E-state index in [1.54, 1.807) is 6.20 Å². The third-order valence-electron chi connectivity index (χ3n) is 3.35. The van der Waals surface area contributed by atoms with Crippen molar-refractivity contribution < 1.29 is 0 Å². The second-order valence-corrected chi connectivity index (χ2v) is 6.05. The van der Waals surface area contributed by atoms with Gasteiger partial charge in [0, 0.05) is 36.3 Å². The Labute approximate surface area is 135 Å². The van der Waals surface area contributed by atoms with Crippen molar-refractivity contribution in [1.29, 1.82) is 5.26 Å². The van der Waals surface area contributed by atoms with Crippen molar-refractivity contribution >= 4 is 44.4 Å². The molecule has 0 spiro atoms. The Bertz CT molecular complexity index is 710. The summed E-state index contributed by atoms with van der Waals surface area (Å²) in [5, 5.41) is 12.4. The number of fused-ring (bicyclic) bond motifs is 1. The van der Waals surface area contributed by atoms with Crippen molar-refractivity contribution in [1.82, 2.24) is 20.3 Å². The molecule has 0 aromatic carbocycles. The number of aromatic nitrogens is 3. The van der Waals surface area contributed by atoms with Crippen LogP contribution in [0.4, 0.5) is 5.82 Å². The van der Waals surface area contributed by atoms with Gasteiger partial charge in [-0.05, 0) is 33.6 Å². The maximum atomic E-state index is 8.85. The van der Waals surface area contributed by atoms with Crippen LogP contribution in [0.25, 0.3) is 11.0 Å². The zero-order valence-electron chi connectivity index (χ0n) is 11.1. The number of halogens is 2. The molecular formula is C13H12BrClN6. The minimum atomic E-state index is 0.128. The van der Waals surface area contributed by atoms with E-state index in [0.717, 1.165) is 28.9 Å². The third-order valence-corrected chi connectivity index (χ3v) is 3.95. The van der Waals surface area contributed by atoms with E-state index < -0.39 is 0 Å². The van der Waals surface area contributed by atoms with Crippen LogP contribution in [0.15, 0.2) is 16.7 Å². The Balaban J connectivity index is 2.01. The first kappa shape index (κ1) is 14.4. The number of hydrogen-bond donors (Lipinski definition) is 1. The molecule has 3 rings (SSSR count). The van der Waals surface area contributed by atoms with Crippen LogP contribution in [0.1, 0.15) is 6.42 Å². The highest BCUT2D eigenvalue weighted by Gasteiger charge is 2.23. The maximum Gasteiger partial charge on any atom is 0.225 e. The first-order valence-electron chi connectivity index (χ1n) is 6.51. The summed E-state index contributed by atoms with van der Waals surface area (Å²) in [6.07, 6.45) is 2.18. The molecule has 0 saturated carbocycles. The molecule has 1 N–H and O–H groups in total. The van der Waals surface area contributed by atoms with Crippen LogP contribution in [-0.2, 0) is 0 Å². The van der Waals surface area contributed by atoms with Crippen LogP contribution in [0, 0.1) is 11.3 Å². The van der Waals surface area contributed by atoms with Crippen LogP contribution in [0.2, 0.25) is 5.28 Å². The molecule has 8 heteroatoms. The van der Waals surface area contributed by atoms with Gasteiger partial charge in [0.2, 0.25) is 5.28 Å². The van der Waals surface area contributed by atoms with Crippen LogP contribution in [0.3, 0.4) is 0 Å². The van der Waals surface area contributed by atoms with Crippen LogP contribution in [-0.4, -0.2) is 40.6 Å². The van der Waals surface area contributed by atoms with Crippen molar-refractivity contribution in [3.05, 3.63) is 22.0 Å². The lowest BCUT2D eigenvalue weighted by Gasteiger charge is -2.33. The quantitative estimate of drug-likeness (QED) is 0.819. The lowest BCUT2D eigenvalue weighted by molar-refractivity contribution is 0.461. The van der Waals surface area contributed by atoms with Crippen molar-refractivity contribution in [2.45, 2.75) is 12.5 Å². The van der Waals surface area contributed by atoms with E-state index in [-0.39, 0.29) is 11.3 Å². The van der Waals surface area contributed by atoms with Gasteiger partial charge in [0.25, 0.3) is 0 Å². The highest BCUT2D eigenvalue weighted by Crippen LogP contribution is 2.26. The molecule has 1 saturated heterocycles. The van der Waals surface area contributed by atoms with E-state index in [1.807, 2.05) is 6.07 Å². The summed E-state index contributed by atoms with van der Waals surface area (Å²) in [7, 11) is 0. The average molecular weight is 368 g/mol. The predicted octanol–water partition coefficient (Wildman–Crippen LogP) is 2.13. The summed E-state index contributed by atoms with van der Waals surface area (Å²) in [5.74, 6) is 0.724. The first-order valence-corrected chi connectivity index (χ1v) is 7.68. The Hall–Kier alpha value is -1.49. The molecule has 21 heavy (non-hydrogen) atoms. The average Bonchev–Trinajstić information content (AvgIpc) is 2.46. The van der Waals surface area contributed by atoms with Gasteiger partial charge in [0.15, 0.2) is 5.82 Å². The van der Waals surface area contributed by atoms with Gasteiger partial charge in [-0.2, -0.15) is 10.2 Å². The van der Waals surface area contributed by atoms with Gasteiger partial charge >= 0.3 is 0 Å². The fourth-order valence-electron chi connectivity index (χ4n) is 2.44. The lowest BCUT2D eigenvalue weighted by atomic mass is 10.1. The van der Waals surface area contributed by atoms with Gasteiger partial charge in [-0.25, -0.2) is 9.97 Å². The lowest BCUT2D eigenvalue weighted by Crippen LogP contribution is -2.51. The Kier molecular flexibility index (Phi) is 4.19. The van der Waals surface area contributed by atoms with Crippen molar-refractivity contribution in [2.24, 2.45) is 0 Å². The smallest absolute Gasteiger partial charge is 0.225 e. The maximum absolute atomic E-state index is 8.85. The molecule has 0 bridgehead atoms. The molecule has 0 aliphatic carbocycles. The van der Waals surface area contributed by atoms with Gasteiger partial charge in [-0.15, -0.1) is 0 Å².